The van der Waals surface area contributed by atoms with Crippen molar-refractivity contribution in [3.8, 4) is 5.75 Å². The van der Waals surface area contributed by atoms with Crippen molar-refractivity contribution in [3.05, 3.63) is 28.8 Å². The summed E-state index contributed by atoms with van der Waals surface area (Å²) in [6, 6.07) is 5.80. The first-order valence-electron chi connectivity index (χ1n) is 8.40. The summed E-state index contributed by atoms with van der Waals surface area (Å²) in [5.74, 6) is 1.72. The summed E-state index contributed by atoms with van der Waals surface area (Å²) in [7, 11) is 0. The lowest BCUT2D eigenvalue weighted by atomic mass is 9.95. The highest BCUT2D eigenvalue weighted by Crippen LogP contribution is 2.33. The van der Waals surface area contributed by atoms with Gasteiger partial charge in [0.1, 0.15) is 5.75 Å². The third kappa shape index (κ3) is 3.24. The number of nitrogens with one attached hydrogen (secondary N) is 2. The lowest BCUT2D eigenvalue weighted by molar-refractivity contribution is 0.311. The molecular formula is C18H28N2O. The molecule has 3 heteroatoms. The van der Waals surface area contributed by atoms with Crippen LogP contribution in [0.25, 0.3) is 0 Å². The van der Waals surface area contributed by atoms with Crippen LogP contribution < -0.4 is 15.4 Å². The number of rotatable bonds is 4. The Kier molecular flexibility index (Phi) is 4.51. The molecule has 2 atom stereocenters. The highest BCUT2D eigenvalue weighted by molar-refractivity contribution is 5.47. The second-order valence-electron chi connectivity index (χ2n) is 6.79. The fraction of sp³-hybridized carbons (Fsp3) is 0.667. The molecular weight excluding hydrogens is 260 g/mol. The molecule has 0 spiro atoms. The summed E-state index contributed by atoms with van der Waals surface area (Å²) in [4.78, 5) is 0. The Morgan fingerprint density at radius 3 is 3.00 bits per heavy atom. The number of ether oxygens (including phenoxy) is 1. The summed E-state index contributed by atoms with van der Waals surface area (Å²) in [6.07, 6.45) is 3.59. The summed E-state index contributed by atoms with van der Waals surface area (Å²) in [6.45, 7) is 9.72. The van der Waals surface area contributed by atoms with Gasteiger partial charge in [0.05, 0.1) is 6.61 Å². The standard InChI is InChI=1S/C18H28N2O/c1-12(2)15-9-14-6-8-21-18(14)16(10-15)11-20-17-5-4-7-19-13(17)3/h9-10,12-13,17,19-20H,4-8,11H2,1-3H3/t13-,17-/m0/s1. The van der Waals surface area contributed by atoms with Gasteiger partial charge in [-0.1, -0.05) is 26.0 Å². The van der Waals surface area contributed by atoms with Crippen molar-refractivity contribution in [1.82, 2.24) is 10.6 Å². The number of benzene rings is 1. The second kappa shape index (κ2) is 6.37. The van der Waals surface area contributed by atoms with Gasteiger partial charge in [0, 0.05) is 30.6 Å². The van der Waals surface area contributed by atoms with E-state index in [2.05, 4.69) is 43.5 Å². The molecule has 1 aromatic rings. The number of hydrogen-bond acceptors (Lipinski definition) is 3. The first kappa shape index (κ1) is 14.9. The molecule has 0 unspecified atom stereocenters. The molecule has 2 N–H and O–H groups in total. The Labute approximate surface area is 128 Å². The maximum absolute atomic E-state index is 5.88. The molecule has 0 aliphatic carbocycles. The Hall–Kier alpha value is -1.06. The van der Waals surface area contributed by atoms with Gasteiger partial charge in [0.2, 0.25) is 0 Å². The highest BCUT2D eigenvalue weighted by Gasteiger charge is 2.22. The van der Waals surface area contributed by atoms with Gasteiger partial charge in [-0.05, 0) is 43.4 Å². The van der Waals surface area contributed by atoms with Crippen molar-refractivity contribution in [2.24, 2.45) is 0 Å². The third-order valence-electron chi connectivity index (χ3n) is 4.87. The van der Waals surface area contributed by atoms with Crippen LogP contribution in [-0.2, 0) is 13.0 Å². The molecule has 3 nitrogen and oxygen atoms in total. The van der Waals surface area contributed by atoms with Crippen molar-refractivity contribution in [3.63, 3.8) is 0 Å². The predicted molar refractivity (Wildman–Crippen MR) is 87.1 cm³/mol. The van der Waals surface area contributed by atoms with E-state index in [1.807, 2.05) is 0 Å². The van der Waals surface area contributed by atoms with Gasteiger partial charge in [0.25, 0.3) is 0 Å². The summed E-state index contributed by atoms with van der Waals surface area (Å²) < 4.78 is 5.88. The van der Waals surface area contributed by atoms with E-state index in [9.17, 15) is 0 Å². The van der Waals surface area contributed by atoms with E-state index in [1.165, 1.54) is 29.5 Å². The number of piperidine rings is 1. The van der Waals surface area contributed by atoms with Crippen molar-refractivity contribution < 1.29 is 4.74 Å². The minimum atomic E-state index is 0.556. The Balaban J connectivity index is 1.75. The van der Waals surface area contributed by atoms with Crippen molar-refractivity contribution in [2.75, 3.05) is 13.2 Å². The SMILES string of the molecule is CC(C)c1cc2c(c(CN[C@H]3CCCN[C@H]3C)c1)OCC2. The average molecular weight is 288 g/mol. The van der Waals surface area contributed by atoms with Gasteiger partial charge in [-0.3, -0.25) is 0 Å². The van der Waals surface area contributed by atoms with Gasteiger partial charge >= 0.3 is 0 Å². The summed E-state index contributed by atoms with van der Waals surface area (Å²) >= 11 is 0. The van der Waals surface area contributed by atoms with Crippen LogP contribution in [0.1, 0.15) is 56.2 Å². The van der Waals surface area contributed by atoms with Gasteiger partial charge in [-0.15, -0.1) is 0 Å². The lowest BCUT2D eigenvalue weighted by Crippen LogP contribution is -2.49. The van der Waals surface area contributed by atoms with Crippen LogP contribution in [-0.4, -0.2) is 25.2 Å². The molecule has 21 heavy (non-hydrogen) atoms. The van der Waals surface area contributed by atoms with E-state index in [0.29, 0.717) is 18.0 Å². The highest BCUT2D eigenvalue weighted by atomic mass is 16.5. The Morgan fingerprint density at radius 1 is 1.38 bits per heavy atom. The number of fused-ring (bicyclic) bond motifs is 1. The minimum Gasteiger partial charge on any atom is -0.493 e. The zero-order valence-corrected chi connectivity index (χ0v) is 13.5. The van der Waals surface area contributed by atoms with Crippen molar-refractivity contribution >= 4 is 0 Å². The largest absolute Gasteiger partial charge is 0.493 e. The zero-order chi connectivity index (χ0) is 14.8. The average Bonchev–Trinajstić information content (AvgIpc) is 2.94. The third-order valence-corrected chi connectivity index (χ3v) is 4.87. The van der Waals surface area contributed by atoms with Crippen LogP contribution in [0.5, 0.6) is 5.75 Å². The molecule has 0 saturated carbocycles. The first-order valence-corrected chi connectivity index (χ1v) is 8.40. The maximum Gasteiger partial charge on any atom is 0.127 e. The molecule has 0 radical (unpaired) electrons. The molecule has 2 aliphatic rings. The Morgan fingerprint density at radius 2 is 2.24 bits per heavy atom. The molecule has 116 valence electrons. The second-order valence-corrected chi connectivity index (χ2v) is 6.79. The van der Waals surface area contributed by atoms with E-state index in [4.69, 9.17) is 4.74 Å². The zero-order valence-electron chi connectivity index (χ0n) is 13.5. The molecule has 1 fully saturated rings. The molecule has 3 rings (SSSR count). The van der Waals surface area contributed by atoms with Crippen molar-refractivity contribution in [1.29, 1.82) is 0 Å². The van der Waals surface area contributed by atoms with Crippen LogP contribution in [0.3, 0.4) is 0 Å². The monoisotopic (exact) mass is 288 g/mol. The van der Waals surface area contributed by atoms with Gasteiger partial charge in [0.15, 0.2) is 0 Å². The normalized spacial score (nSPS) is 25.0. The molecule has 0 bridgehead atoms. The van der Waals surface area contributed by atoms with Crippen LogP contribution in [0, 0.1) is 0 Å². The minimum absolute atomic E-state index is 0.556. The molecule has 0 aromatic heterocycles. The fourth-order valence-corrected chi connectivity index (χ4v) is 3.44. The Bertz CT molecular complexity index is 498. The van der Waals surface area contributed by atoms with E-state index in [-0.39, 0.29) is 0 Å². The topological polar surface area (TPSA) is 33.3 Å². The van der Waals surface area contributed by atoms with Gasteiger partial charge in [-0.25, -0.2) is 0 Å². The number of hydrogen-bond donors (Lipinski definition) is 2. The van der Waals surface area contributed by atoms with E-state index in [0.717, 1.165) is 31.9 Å². The van der Waals surface area contributed by atoms with Gasteiger partial charge in [-0.2, -0.15) is 0 Å². The van der Waals surface area contributed by atoms with Crippen LogP contribution in [0.15, 0.2) is 12.1 Å². The quantitative estimate of drug-likeness (QED) is 0.893. The fourth-order valence-electron chi connectivity index (χ4n) is 3.44. The van der Waals surface area contributed by atoms with E-state index >= 15 is 0 Å². The molecule has 2 heterocycles. The summed E-state index contributed by atoms with van der Waals surface area (Å²) in [5, 5.41) is 7.30. The first-order chi connectivity index (χ1) is 10.1. The smallest absolute Gasteiger partial charge is 0.127 e. The van der Waals surface area contributed by atoms with E-state index in [1.54, 1.807) is 0 Å². The lowest BCUT2D eigenvalue weighted by Gasteiger charge is -2.31. The molecule has 2 aliphatic heterocycles. The van der Waals surface area contributed by atoms with Crippen molar-refractivity contribution in [2.45, 2.75) is 64.6 Å². The molecule has 1 aromatic carbocycles. The van der Waals surface area contributed by atoms with Crippen LogP contribution in [0.4, 0.5) is 0 Å². The predicted octanol–water partition coefficient (Wildman–Crippen LogP) is 2.98. The van der Waals surface area contributed by atoms with E-state index < -0.39 is 0 Å². The molecule has 1 saturated heterocycles. The summed E-state index contributed by atoms with van der Waals surface area (Å²) in [5.41, 5.74) is 4.17. The van der Waals surface area contributed by atoms with Gasteiger partial charge < -0.3 is 15.4 Å². The maximum atomic E-state index is 5.88. The van der Waals surface area contributed by atoms with Crippen LogP contribution >= 0.6 is 0 Å². The van der Waals surface area contributed by atoms with Crippen LogP contribution in [0.2, 0.25) is 0 Å². The molecule has 0 amide bonds.